The first-order valence-corrected chi connectivity index (χ1v) is 7.65. The Balaban J connectivity index is 2.26. The van der Waals surface area contributed by atoms with E-state index in [2.05, 4.69) is 60.6 Å². The van der Waals surface area contributed by atoms with Crippen LogP contribution in [0.3, 0.4) is 0 Å². The molecule has 2 aromatic rings. The molecule has 1 atom stereocenters. The first kappa shape index (κ1) is 14.2. The largest absolute Gasteiger partial charge is 0.304 e. The highest BCUT2D eigenvalue weighted by Gasteiger charge is 2.18. The summed E-state index contributed by atoms with van der Waals surface area (Å²) in [6.07, 6.45) is 1.11. The van der Waals surface area contributed by atoms with Crippen molar-refractivity contribution in [2.75, 3.05) is 6.54 Å². The van der Waals surface area contributed by atoms with Crippen molar-refractivity contribution in [3.63, 3.8) is 0 Å². The van der Waals surface area contributed by atoms with Crippen molar-refractivity contribution < 1.29 is 0 Å². The molecule has 0 bridgehead atoms. The molecule has 0 aliphatic heterocycles. The van der Waals surface area contributed by atoms with E-state index in [-0.39, 0.29) is 6.04 Å². The summed E-state index contributed by atoms with van der Waals surface area (Å²) < 4.78 is 0. The van der Waals surface area contributed by atoms with Gasteiger partial charge in [0.05, 0.1) is 6.04 Å². The van der Waals surface area contributed by atoms with Gasteiger partial charge in [0.15, 0.2) is 0 Å². The summed E-state index contributed by atoms with van der Waals surface area (Å²) in [7, 11) is 0. The molecule has 102 valence electrons. The van der Waals surface area contributed by atoms with Crippen molar-refractivity contribution >= 4 is 11.3 Å². The lowest BCUT2D eigenvalue weighted by molar-refractivity contribution is 0.591. The molecule has 0 saturated carbocycles. The Morgan fingerprint density at radius 2 is 1.79 bits per heavy atom. The molecule has 3 nitrogen and oxygen atoms in total. The topological polar surface area (TPSA) is 37.8 Å². The minimum Gasteiger partial charge on any atom is -0.304 e. The fourth-order valence-corrected chi connectivity index (χ4v) is 2.83. The molecular weight excluding hydrogens is 254 g/mol. The van der Waals surface area contributed by atoms with Crippen molar-refractivity contribution in [3.8, 4) is 0 Å². The summed E-state index contributed by atoms with van der Waals surface area (Å²) in [5, 5.41) is 14.4. The maximum atomic E-state index is 4.37. The van der Waals surface area contributed by atoms with Gasteiger partial charge in [-0.25, -0.2) is 0 Å². The molecular formula is C15H21N3S. The van der Waals surface area contributed by atoms with E-state index in [1.807, 2.05) is 6.07 Å². The van der Waals surface area contributed by atoms with Crippen LogP contribution in [0.2, 0.25) is 0 Å². The Labute approximate surface area is 119 Å². The van der Waals surface area contributed by atoms with E-state index in [4.69, 9.17) is 0 Å². The number of hydrogen-bond donors (Lipinski definition) is 1. The van der Waals surface area contributed by atoms with Crippen LogP contribution in [-0.4, -0.2) is 16.7 Å². The summed E-state index contributed by atoms with van der Waals surface area (Å²) in [4.78, 5) is 0. The number of rotatable bonds is 6. The maximum Gasteiger partial charge on any atom is 0.139 e. The quantitative estimate of drug-likeness (QED) is 0.872. The molecule has 0 aliphatic carbocycles. The van der Waals surface area contributed by atoms with Gasteiger partial charge < -0.3 is 5.32 Å². The van der Waals surface area contributed by atoms with Gasteiger partial charge in [-0.15, -0.1) is 10.2 Å². The Bertz CT molecular complexity index is 493. The summed E-state index contributed by atoms with van der Waals surface area (Å²) >= 11 is 1.71. The van der Waals surface area contributed by atoms with E-state index < -0.39 is 0 Å². The number of nitrogens with one attached hydrogen (secondary N) is 1. The SMILES string of the molecule is CCCNC(c1ccccc1)c1nnc(C(C)C)s1. The van der Waals surface area contributed by atoms with Gasteiger partial charge in [0.1, 0.15) is 10.0 Å². The van der Waals surface area contributed by atoms with Crippen LogP contribution in [0.1, 0.15) is 54.7 Å². The molecule has 19 heavy (non-hydrogen) atoms. The van der Waals surface area contributed by atoms with Crippen LogP contribution in [-0.2, 0) is 0 Å². The second-order valence-electron chi connectivity index (χ2n) is 4.93. The van der Waals surface area contributed by atoms with Crippen LogP contribution >= 0.6 is 11.3 Å². The Kier molecular flexibility index (Phi) is 5.05. The van der Waals surface area contributed by atoms with Crippen LogP contribution in [0, 0.1) is 0 Å². The molecule has 2 rings (SSSR count). The fourth-order valence-electron chi connectivity index (χ4n) is 1.88. The molecule has 1 N–H and O–H groups in total. The molecule has 1 aromatic carbocycles. The molecule has 0 aliphatic rings. The molecule has 1 aromatic heterocycles. The maximum absolute atomic E-state index is 4.37. The van der Waals surface area contributed by atoms with Crippen LogP contribution in [0.4, 0.5) is 0 Å². The summed E-state index contributed by atoms with van der Waals surface area (Å²) in [6.45, 7) is 7.47. The second kappa shape index (κ2) is 6.78. The van der Waals surface area contributed by atoms with Crippen LogP contribution in [0.5, 0.6) is 0 Å². The van der Waals surface area contributed by atoms with E-state index in [1.54, 1.807) is 11.3 Å². The summed E-state index contributed by atoms with van der Waals surface area (Å²) in [6, 6.07) is 10.6. The zero-order chi connectivity index (χ0) is 13.7. The zero-order valence-corrected chi connectivity index (χ0v) is 12.6. The molecule has 0 saturated heterocycles. The fraction of sp³-hybridized carbons (Fsp3) is 0.467. The zero-order valence-electron chi connectivity index (χ0n) is 11.8. The molecule has 0 fully saturated rings. The van der Waals surface area contributed by atoms with E-state index >= 15 is 0 Å². The monoisotopic (exact) mass is 275 g/mol. The summed E-state index contributed by atoms with van der Waals surface area (Å²) in [5.74, 6) is 0.439. The number of nitrogens with zero attached hydrogens (tertiary/aromatic N) is 2. The standard InChI is InChI=1S/C15H21N3S/c1-4-10-16-13(12-8-6-5-7-9-12)15-18-17-14(19-15)11(2)3/h5-9,11,13,16H,4,10H2,1-3H3. The first-order chi connectivity index (χ1) is 9.22. The average molecular weight is 275 g/mol. The third-order valence-electron chi connectivity index (χ3n) is 2.93. The van der Waals surface area contributed by atoms with Crippen molar-refractivity contribution in [2.45, 2.75) is 39.2 Å². The average Bonchev–Trinajstić information content (AvgIpc) is 2.90. The van der Waals surface area contributed by atoms with Crippen molar-refractivity contribution in [2.24, 2.45) is 0 Å². The highest BCUT2D eigenvalue weighted by molar-refractivity contribution is 7.11. The smallest absolute Gasteiger partial charge is 0.139 e. The Hall–Kier alpha value is -1.26. The van der Waals surface area contributed by atoms with Crippen molar-refractivity contribution in [1.29, 1.82) is 0 Å². The van der Waals surface area contributed by atoms with E-state index in [0.717, 1.165) is 23.0 Å². The molecule has 0 amide bonds. The van der Waals surface area contributed by atoms with Crippen LogP contribution in [0.15, 0.2) is 30.3 Å². The lowest BCUT2D eigenvalue weighted by Gasteiger charge is -2.15. The number of benzene rings is 1. The predicted molar refractivity (Wildman–Crippen MR) is 80.6 cm³/mol. The third-order valence-corrected chi connectivity index (χ3v) is 4.22. The van der Waals surface area contributed by atoms with Gasteiger partial charge in [-0.3, -0.25) is 0 Å². The van der Waals surface area contributed by atoms with Gasteiger partial charge in [-0.1, -0.05) is 62.4 Å². The van der Waals surface area contributed by atoms with Gasteiger partial charge >= 0.3 is 0 Å². The number of aromatic nitrogens is 2. The molecule has 0 spiro atoms. The minimum atomic E-state index is 0.158. The van der Waals surface area contributed by atoms with Gasteiger partial charge in [-0.05, 0) is 18.5 Å². The predicted octanol–water partition coefficient (Wildman–Crippen LogP) is 3.75. The highest BCUT2D eigenvalue weighted by atomic mass is 32.1. The van der Waals surface area contributed by atoms with Crippen molar-refractivity contribution in [3.05, 3.63) is 45.9 Å². The second-order valence-corrected chi connectivity index (χ2v) is 5.97. The van der Waals surface area contributed by atoms with E-state index in [9.17, 15) is 0 Å². The lowest BCUT2D eigenvalue weighted by Crippen LogP contribution is -2.23. The van der Waals surface area contributed by atoms with Crippen LogP contribution in [0.25, 0.3) is 0 Å². The van der Waals surface area contributed by atoms with E-state index in [1.165, 1.54) is 5.56 Å². The first-order valence-electron chi connectivity index (χ1n) is 6.84. The Morgan fingerprint density at radius 3 is 2.37 bits per heavy atom. The van der Waals surface area contributed by atoms with Crippen molar-refractivity contribution in [1.82, 2.24) is 15.5 Å². The van der Waals surface area contributed by atoms with Gasteiger partial charge in [0.25, 0.3) is 0 Å². The van der Waals surface area contributed by atoms with E-state index in [0.29, 0.717) is 5.92 Å². The third kappa shape index (κ3) is 3.61. The number of hydrogen-bond acceptors (Lipinski definition) is 4. The molecule has 4 heteroatoms. The highest BCUT2D eigenvalue weighted by Crippen LogP contribution is 2.27. The minimum absolute atomic E-state index is 0.158. The molecule has 1 unspecified atom stereocenters. The van der Waals surface area contributed by atoms with Gasteiger partial charge in [-0.2, -0.15) is 0 Å². The normalized spacial score (nSPS) is 12.8. The molecule has 0 radical (unpaired) electrons. The lowest BCUT2D eigenvalue weighted by atomic mass is 10.1. The van der Waals surface area contributed by atoms with Gasteiger partial charge in [0.2, 0.25) is 0 Å². The molecule has 1 heterocycles. The Morgan fingerprint density at radius 1 is 1.11 bits per heavy atom. The van der Waals surface area contributed by atoms with Gasteiger partial charge in [0, 0.05) is 5.92 Å². The van der Waals surface area contributed by atoms with Crippen LogP contribution < -0.4 is 5.32 Å². The summed E-state index contributed by atoms with van der Waals surface area (Å²) in [5.41, 5.74) is 1.25.